The molecule has 21 heavy (non-hydrogen) atoms. The Morgan fingerprint density at radius 1 is 1.19 bits per heavy atom. The van der Waals surface area contributed by atoms with Gasteiger partial charge in [0.25, 0.3) is 0 Å². The Balaban J connectivity index is 2.28. The number of nitrogens with zero attached hydrogens (tertiary/aromatic N) is 2. The number of fused-ring (bicyclic) bond motifs is 1. The lowest BCUT2D eigenvalue weighted by atomic mass is 10.0. The Hall–Kier alpha value is -2.57. The highest BCUT2D eigenvalue weighted by molar-refractivity contribution is 5.98. The summed E-state index contributed by atoms with van der Waals surface area (Å²) in [6.45, 7) is 9.92. The second-order valence-corrected chi connectivity index (χ2v) is 5.14. The van der Waals surface area contributed by atoms with E-state index in [4.69, 9.17) is 6.57 Å². The highest BCUT2D eigenvalue weighted by Gasteiger charge is 2.11. The van der Waals surface area contributed by atoms with Crippen molar-refractivity contribution in [1.29, 1.82) is 0 Å². The highest BCUT2D eigenvalue weighted by atomic mass is 16.3. The molecular weight excluding hydrogens is 260 g/mol. The quantitative estimate of drug-likeness (QED) is 0.715. The molecule has 0 unspecified atom stereocenters. The number of aryl methyl sites for hydroxylation is 1. The summed E-state index contributed by atoms with van der Waals surface area (Å²) in [5.74, 6) is 0. The second-order valence-electron chi connectivity index (χ2n) is 5.14. The van der Waals surface area contributed by atoms with Gasteiger partial charge in [-0.2, -0.15) is 0 Å². The molecule has 0 aliphatic rings. The molecule has 1 heterocycles. The Kier molecular flexibility index (Phi) is 3.47. The van der Waals surface area contributed by atoms with Crippen molar-refractivity contribution in [3.05, 3.63) is 65.6 Å². The summed E-state index contributed by atoms with van der Waals surface area (Å²) in [4.78, 5) is 3.52. The molecule has 2 aromatic carbocycles. The monoisotopic (exact) mass is 276 g/mol. The van der Waals surface area contributed by atoms with Crippen molar-refractivity contribution in [3.63, 3.8) is 0 Å². The first-order valence-corrected chi connectivity index (χ1v) is 6.91. The lowest BCUT2D eigenvalue weighted by Gasteiger charge is -2.01. The smallest absolute Gasteiger partial charge is 0.188 e. The van der Waals surface area contributed by atoms with Crippen molar-refractivity contribution in [2.45, 2.75) is 13.5 Å². The Morgan fingerprint density at radius 3 is 2.76 bits per heavy atom. The molecule has 0 bridgehead atoms. The molecule has 0 saturated heterocycles. The van der Waals surface area contributed by atoms with Crippen LogP contribution in [0.4, 0.5) is 5.69 Å². The van der Waals surface area contributed by atoms with Gasteiger partial charge in [-0.15, -0.1) is 0 Å². The molecule has 0 radical (unpaired) electrons. The van der Waals surface area contributed by atoms with Crippen LogP contribution in [0, 0.1) is 13.5 Å². The summed E-state index contributed by atoms with van der Waals surface area (Å²) in [5.41, 5.74) is 5.13. The van der Waals surface area contributed by atoms with Crippen LogP contribution in [0.2, 0.25) is 0 Å². The van der Waals surface area contributed by atoms with E-state index < -0.39 is 0 Å². The van der Waals surface area contributed by atoms with Crippen LogP contribution in [-0.4, -0.2) is 16.3 Å². The predicted octanol–water partition coefficient (Wildman–Crippen LogP) is 4.16. The molecule has 3 rings (SSSR count). The van der Waals surface area contributed by atoms with Gasteiger partial charge in [0.1, 0.15) is 0 Å². The van der Waals surface area contributed by atoms with Crippen molar-refractivity contribution in [3.8, 4) is 11.1 Å². The van der Waals surface area contributed by atoms with Gasteiger partial charge in [0.05, 0.1) is 13.2 Å². The average molecular weight is 276 g/mol. The van der Waals surface area contributed by atoms with Gasteiger partial charge in [0, 0.05) is 23.8 Å². The second kappa shape index (κ2) is 5.43. The predicted molar refractivity (Wildman–Crippen MR) is 85.5 cm³/mol. The standard InChI is InChI=1S/C18H16N2O/c1-13-4-3-5-14(10-13)17-12-20(8-9-21)18-7-6-15(19-2)11-16(17)18/h3-7,10-12,21H,8-9H2,1H3. The topological polar surface area (TPSA) is 29.5 Å². The molecule has 0 atom stereocenters. The number of aliphatic hydroxyl groups excluding tert-OH is 1. The van der Waals surface area contributed by atoms with E-state index in [1.54, 1.807) is 0 Å². The van der Waals surface area contributed by atoms with E-state index in [9.17, 15) is 5.11 Å². The van der Waals surface area contributed by atoms with Crippen molar-refractivity contribution in [1.82, 2.24) is 4.57 Å². The summed E-state index contributed by atoms with van der Waals surface area (Å²) in [7, 11) is 0. The number of hydrogen-bond donors (Lipinski definition) is 1. The zero-order valence-electron chi connectivity index (χ0n) is 11.9. The normalized spacial score (nSPS) is 10.7. The Morgan fingerprint density at radius 2 is 2.05 bits per heavy atom. The first-order valence-electron chi connectivity index (χ1n) is 6.91. The van der Waals surface area contributed by atoms with Crippen LogP contribution in [0.3, 0.4) is 0 Å². The first-order chi connectivity index (χ1) is 10.2. The molecule has 0 spiro atoms. The number of hydrogen-bond acceptors (Lipinski definition) is 1. The van der Waals surface area contributed by atoms with Crippen LogP contribution < -0.4 is 0 Å². The average Bonchev–Trinajstić information content (AvgIpc) is 2.86. The van der Waals surface area contributed by atoms with E-state index >= 15 is 0 Å². The molecule has 0 amide bonds. The van der Waals surface area contributed by atoms with Crippen molar-refractivity contribution >= 4 is 16.6 Å². The Labute approximate surface area is 123 Å². The number of aromatic nitrogens is 1. The van der Waals surface area contributed by atoms with Gasteiger partial charge in [-0.05, 0) is 30.0 Å². The van der Waals surface area contributed by atoms with Crippen LogP contribution in [0.5, 0.6) is 0 Å². The SMILES string of the molecule is [C-]#[N+]c1ccc2c(c1)c(-c1cccc(C)c1)cn2CCO. The van der Waals surface area contributed by atoms with Crippen molar-refractivity contribution in [2.24, 2.45) is 0 Å². The minimum Gasteiger partial charge on any atom is -0.395 e. The maximum Gasteiger partial charge on any atom is 0.188 e. The maximum atomic E-state index is 9.23. The fourth-order valence-electron chi connectivity index (χ4n) is 2.69. The first kappa shape index (κ1) is 13.4. The summed E-state index contributed by atoms with van der Waals surface area (Å²) >= 11 is 0. The van der Waals surface area contributed by atoms with Crippen molar-refractivity contribution < 1.29 is 5.11 Å². The minimum atomic E-state index is 0.0988. The molecule has 0 aliphatic carbocycles. The van der Waals surface area contributed by atoms with Crippen LogP contribution >= 0.6 is 0 Å². The zero-order valence-corrected chi connectivity index (χ0v) is 11.9. The molecule has 3 aromatic rings. The van der Waals surface area contributed by atoms with Crippen LogP contribution in [0.25, 0.3) is 26.9 Å². The molecule has 3 heteroatoms. The third-order valence-electron chi connectivity index (χ3n) is 3.66. The van der Waals surface area contributed by atoms with Crippen molar-refractivity contribution in [2.75, 3.05) is 6.61 Å². The minimum absolute atomic E-state index is 0.0988. The van der Waals surface area contributed by atoms with E-state index in [0.29, 0.717) is 12.2 Å². The molecule has 3 nitrogen and oxygen atoms in total. The van der Waals surface area contributed by atoms with E-state index in [1.165, 1.54) is 5.56 Å². The van der Waals surface area contributed by atoms with Gasteiger partial charge in [0.15, 0.2) is 5.69 Å². The molecule has 0 fully saturated rings. The van der Waals surface area contributed by atoms with Crippen LogP contribution in [0.1, 0.15) is 5.56 Å². The fraction of sp³-hybridized carbons (Fsp3) is 0.167. The number of rotatable bonds is 3. The summed E-state index contributed by atoms with van der Waals surface area (Å²) < 4.78 is 2.04. The van der Waals surface area contributed by atoms with Gasteiger partial charge in [-0.1, -0.05) is 35.9 Å². The van der Waals surface area contributed by atoms with E-state index in [2.05, 4.69) is 36.2 Å². The molecule has 104 valence electrons. The molecule has 1 N–H and O–H groups in total. The maximum absolute atomic E-state index is 9.23. The summed E-state index contributed by atoms with van der Waals surface area (Å²) in [6, 6.07) is 14.0. The fourth-order valence-corrected chi connectivity index (χ4v) is 2.69. The van der Waals surface area contributed by atoms with Crippen LogP contribution in [-0.2, 0) is 6.54 Å². The third-order valence-corrected chi connectivity index (χ3v) is 3.66. The molecule has 1 aromatic heterocycles. The van der Waals surface area contributed by atoms with E-state index in [-0.39, 0.29) is 6.61 Å². The van der Waals surface area contributed by atoms with Gasteiger partial charge in [-0.3, -0.25) is 0 Å². The lowest BCUT2D eigenvalue weighted by Crippen LogP contribution is -1.99. The van der Waals surface area contributed by atoms with Gasteiger partial charge in [0.2, 0.25) is 0 Å². The van der Waals surface area contributed by atoms with Gasteiger partial charge >= 0.3 is 0 Å². The molecule has 0 aliphatic heterocycles. The number of benzene rings is 2. The highest BCUT2D eigenvalue weighted by Crippen LogP contribution is 2.33. The van der Waals surface area contributed by atoms with E-state index in [1.807, 2.05) is 28.8 Å². The summed E-state index contributed by atoms with van der Waals surface area (Å²) in [6.07, 6.45) is 2.06. The zero-order chi connectivity index (χ0) is 14.8. The molecule has 0 saturated carbocycles. The summed E-state index contributed by atoms with van der Waals surface area (Å²) in [5, 5.41) is 10.3. The molecular formula is C18H16N2O. The third kappa shape index (κ3) is 2.42. The van der Waals surface area contributed by atoms with Gasteiger partial charge < -0.3 is 9.67 Å². The number of aliphatic hydroxyl groups is 1. The largest absolute Gasteiger partial charge is 0.395 e. The van der Waals surface area contributed by atoms with Gasteiger partial charge in [-0.25, -0.2) is 4.85 Å². The van der Waals surface area contributed by atoms with E-state index in [0.717, 1.165) is 22.0 Å². The Bertz CT molecular complexity index is 840. The van der Waals surface area contributed by atoms with Crippen LogP contribution in [0.15, 0.2) is 48.7 Å². The lowest BCUT2D eigenvalue weighted by molar-refractivity contribution is 0.278.